The molecule has 1 saturated heterocycles. The fourth-order valence-corrected chi connectivity index (χ4v) is 2.91. The molecule has 0 N–H and O–H groups in total. The summed E-state index contributed by atoms with van der Waals surface area (Å²) in [6.45, 7) is 6.66. The van der Waals surface area contributed by atoms with Gasteiger partial charge in [0.25, 0.3) is 0 Å². The Balaban J connectivity index is 1.96. The van der Waals surface area contributed by atoms with Crippen molar-refractivity contribution in [3.05, 3.63) is 36.2 Å². The van der Waals surface area contributed by atoms with Gasteiger partial charge in [0.05, 0.1) is 11.2 Å². The fraction of sp³-hybridized carbons (Fsp3) is 0.533. The summed E-state index contributed by atoms with van der Waals surface area (Å²) >= 11 is 0. The maximum atomic E-state index is 4.30. The Hall–Kier alpha value is -1.75. The molecule has 106 valence electrons. The first kappa shape index (κ1) is 13.2. The Labute approximate surface area is 119 Å². The van der Waals surface area contributed by atoms with E-state index in [2.05, 4.69) is 34.3 Å². The van der Waals surface area contributed by atoms with Gasteiger partial charge >= 0.3 is 0 Å². The SMILES string of the molecule is CC(C)(c1nnnn1-c1ccccc1)N1CCCCC1. The van der Waals surface area contributed by atoms with Crippen LogP contribution in [0.15, 0.2) is 30.3 Å². The molecule has 0 bridgehead atoms. The minimum atomic E-state index is -0.153. The average molecular weight is 271 g/mol. The number of likely N-dealkylation sites (tertiary alicyclic amines) is 1. The molecule has 0 radical (unpaired) electrons. The Morgan fingerprint density at radius 2 is 1.70 bits per heavy atom. The van der Waals surface area contributed by atoms with Gasteiger partial charge in [-0.2, -0.15) is 4.68 Å². The molecule has 0 spiro atoms. The molecule has 3 rings (SSSR count). The van der Waals surface area contributed by atoms with E-state index >= 15 is 0 Å². The Morgan fingerprint density at radius 1 is 1.00 bits per heavy atom. The number of rotatable bonds is 3. The number of hydrogen-bond acceptors (Lipinski definition) is 4. The molecule has 1 aromatic heterocycles. The lowest BCUT2D eigenvalue weighted by atomic mass is 9.97. The van der Waals surface area contributed by atoms with Crippen LogP contribution in [0.5, 0.6) is 0 Å². The minimum Gasteiger partial charge on any atom is -0.291 e. The van der Waals surface area contributed by atoms with Gasteiger partial charge in [-0.15, -0.1) is 5.10 Å². The summed E-state index contributed by atoms with van der Waals surface area (Å²) in [7, 11) is 0. The number of piperidine rings is 1. The molecule has 0 amide bonds. The standard InChI is InChI=1S/C15H21N5/c1-15(2,19-11-7-4-8-12-19)14-16-17-18-20(14)13-9-5-3-6-10-13/h3,5-6,9-10H,4,7-8,11-12H2,1-2H3. The van der Waals surface area contributed by atoms with E-state index in [1.54, 1.807) is 0 Å². The monoisotopic (exact) mass is 271 g/mol. The summed E-state index contributed by atoms with van der Waals surface area (Å²) in [5.41, 5.74) is 0.859. The van der Waals surface area contributed by atoms with E-state index in [0.717, 1.165) is 24.6 Å². The first-order valence-corrected chi connectivity index (χ1v) is 7.29. The molecule has 0 saturated carbocycles. The van der Waals surface area contributed by atoms with Gasteiger partial charge in [0.15, 0.2) is 5.82 Å². The summed E-state index contributed by atoms with van der Waals surface area (Å²) in [5.74, 6) is 0.908. The van der Waals surface area contributed by atoms with Crippen LogP contribution in [-0.2, 0) is 5.54 Å². The predicted molar refractivity (Wildman–Crippen MR) is 77.6 cm³/mol. The van der Waals surface area contributed by atoms with Crippen LogP contribution in [-0.4, -0.2) is 38.2 Å². The van der Waals surface area contributed by atoms with Gasteiger partial charge in [-0.1, -0.05) is 24.6 Å². The molecule has 5 heteroatoms. The topological polar surface area (TPSA) is 46.8 Å². The van der Waals surface area contributed by atoms with Crippen molar-refractivity contribution >= 4 is 0 Å². The number of para-hydroxylation sites is 1. The van der Waals surface area contributed by atoms with Crippen molar-refractivity contribution in [3.63, 3.8) is 0 Å². The van der Waals surface area contributed by atoms with Crippen LogP contribution in [0.25, 0.3) is 5.69 Å². The van der Waals surface area contributed by atoms with E-state index < -0.39 is 0 Å². The normalized spacial score (nSPS) is 17.3. The lowest BCUT2D eigenvalue weighted by molar-refractivity contribution is 0.0849. The molecular formula is C15H21N5. The van der Waals surface area contributed by atoms with Crippen molar-refractivity contribution in [2.75, 3.05) is 13.1 Å². The van der Waals surface area contributed by atoms with E-state index in [1.165, 1.54) is 19.3 Å². The van der Waals surface area contributed by atoms with Crippen LogP contribution in [0.2, 0.25) is 0 Å². The second-order valence-electron chi connectivity index (χ2n) is 5.86. The Kier molecular flexibility index (Phi) is 3.53. The van der Waals surface area contributed by atoms with Crippen LogP contribution in [0, 0.1) is 0 Å². The van der Waals surface area contributed by atoms with E-state index in [1.807, 2.05) is 35.0 Å². The van der Waals surface area contributed by atoms with Gasteiger partial charge in [0.2, 0.25) is 0 Å². The highest BCUT2D eigenvalue weighted by molar-refractivity contribution is 5.31. The van der Waals surface area contributed by atoms with E-state index in [4.69, 9.17) is 0 Å². The third kappa shape index (κ3) is 2.33. The zero-order valence-corrected chi connectivity index (χ0v) is 12.2. The molecular weight excluding hydrogens is 250 g/mol. The van der Waals surface area contributed by atoms with Gasteiger partial charge in [-0.3, -0.25) is 4.90 Å². The van der Waals surface area contributed by atoms with Gasteiger partial charge in [0, 0.05) is 0 Å². The van der Waals surface area contributed by atoms with Crippen molar-refractivity contribution in [3.8, 4) is 5.69 Å². The summed E-state index contributed by atoms with van der Waals surface area (Å²) < 4.78 is 1.86. The van der Waals surface area contributed by atoms with E-state index in [0.29, 0.717) is 0 Å². The molecule has 5 nitrogen and oxygen atoms in total. The second-order valence-corrected chi connectivity index (χ2v) is 5.86. The fourth-order valence-electron chi connectivity index (χ4n) is 2.91. The molecule has 0 unspecified atom stereocenters. The Morgan fingerprint density at radius 3 is 2.40 bits per heavy atom. The highest BCUT2D eigenvalue weighted by atomic mass is 15.6. The van der Waals surface area contributed by atoms with Crippen LogP contribution in [0.1, 0.15) is 38.9 Å². The van der Waals surface area contributed by atoms with Gasteiger partial charge in [0.1, 0.15) is 0 Å². The van der Waals surface area contributed by atoms with Crippen molar-refractivity contribution in [2.24, 2.45) is 0 Å². The van der Waals surface area contributed by atoms with Crippen molar-refractivity contribution in [1.82, 2.24) is 25.1 Å². The summed E-state index contributed by atoms with van der Waals surface area (Å²) in [4.78, 5) is 2.49. The summed E-state index contributed by atoms with van der Waals surface area (Å²) in [5, 5.41) is 12.4. The molecule has 20 heavy (non-hydrogen) atoms. The maximum Gasteiger partial charge on any atom is 0.176 e. The van der Waals surface area contributed by atoms with Crippen molar-refractivity contribution in [1.29, 1.82) is 0 Å². The van der Waals surface area contributed by atoms with Crippen LogP contribution in [0.4, 0.5) is 0 Å². The van der Waals surface area contributed by atoms with Crippen LogP contribution < -0.4 is 0 Å². The smallest absolute Gasteiger partial charge is 0.176 e. The first-order valence-electron chi connectivity index (χ1n) is 7.29. The van der Waals surface area contributed by atoms with E-state index in [9.17, 15) is 0 Å². The maximum absolute atomic E-state index is 4.30. The summed E-state index contributed by atoms with van der Waals surface area (Å²) in [6.07, 6.45) is 3.85. The zero-order valence-electron chi connectivity index (χ0n) is 12.2. The summed E-state index contributed by atoms with van der Waals surface area (Å²) in [6, 6.07) is 10.1. The molecule has 1 aromatic carbocycles. The largest absolute Gasteiger partial charge is 0.291 e. The third-order valence-electron chi connectivity index (χ3n) is 4.16. The third-order valence-corrected chi connectivity index (χ3v) is 4.16. The highest BCUT2D eigenvalue weighted by Gasteiger charge is 2.35. The zero-order chi connectivity index (χ0) is 14.0. The van der Waals surface area contributed by atoms with Gasteiger partial charge < -0.3 is 0 Å². The van der Waals surface area contributed by atoms with Gasteiger partial charge in [-0.25, -0.2) is 0 Å². The highest BCUT2D eigenvalue weighted by Crippen LogP contribution is 2.29. The second kappa shape index (κ2) is 5.32. The number of benzene rings is 1. The predicted octanol–water partition coefficient (Wildman–Crippen LogP) is 2.38. The van der Waals surface area contributed by atoms with Crippen molar-refractivity contribution in [2.45, 2.75) is 38.6 Å². The number of tetrazole rings is 1. The lowest BCUT2D eigenvalue weighted by Crippen LogP contribution is -2.46. The first-order chi connectivity index (χ1) is 9.69. The number of nitrogens with zero attached hydrogens (tertiary/aromatic N) is 5. The van der Waals surface area contributed by atoms with Crippen LogP contribution in [0.3, 0.4) is 0 Å². The average Bonchev–Trinajstić information content (AvgIpc) is 2.99. The van der Waals surface area contributed by atoms with Gasteiger partial charge in [-0.05, 0) is 62.3 Å². The van der Waals surface area contributed by atoms with Crippen molar-refractivity contribution < 1.29 is 0 Å². The molecule has 1 aliphatic rings. The molecule has 0 atom stereocenters. The Bertz CT molecular complexity index is 555. The number of aromatic nitrogens is 4. The molecule has 0 aliphatic carbocycles. The lowest BCUT2D eigenvalue weighted by Gasteiger charge is -2.39. The molecule has 1 fully saturated rings. The molecule has 1 aliphatic heterocycles. The number of hydrogen-bond donors (Lipinski definition) is 0. The van der Waals surface area contributed by atoms with E-state index in [-0.39, 0.29) is 5.54 Å². The molecule has 2 heterocycles. The van der Waals surface area contributed by atoms with Crippen LogP contribution >= 0.6 is 0 Å². The minimum absolute atomic E-state index is 0.153. The quantitative estimate of drug-likeness (QED) is 0.860. The molecule has 2 aromatic rings.